The van der Waals surface area contributed by atoms with Crippen molar-refractivity contribution in [2.24, 2.45) is 12.8 Å². The van der Waals surface area contributed by atoms with Crippen LogP contribution >= 0.6 is 0 Å². The minimum Gasteiger partial charge on any atom is -0.341 e. The van der Waals surface area contributed by atoms with Gasteiger partial charge in [0.1, 0.15) is 0 Å². The fourth-order valence-electron chi connectivity index (χ4n) is 4.77. The second kappa shape index (κ2) is 8.11. The highest BCUT2D eigenvalue weighted by atomic mass is 16.2. The molecular formula is C23H28N8O2. The Morgan fingerprint density at radius 2 is 2.03 bits per heavy atom. The van der Waals surface area contributed by atoms with Crippen LogP contribution in [0.4, 0.5) is 5.95 Å². The van der Waals surface area contributed by atoms with Gasteiger partial charge in [0.15, 0.2) is 11.2 Å². The molecule has 4 aromatic rings. The first kappa shape index (κ1) is 21.3. The van der Waals surface area contributed by atoms with Crippen LogP contribution in [0.5, 0.6) is 0 Å². The lowest BCUT2D eigenvalue weighted by atomic mass is 10.1. The van der Waals surface area contributed by atoms with Crippen molar-refractivity contribution in [1.29, 1.82) is 0 Å². The van der Waals surface area contributed by atoms with E-state index in [1.807, 2.05) is 36.6 Å². The van der Waals surface area contributed by atoms with E-state index >= 15 is 0 Å². The van der Waals surface area contributed by atoms with E-state index in [0.29, 0.717) is 35.9 Å². The van der Waals surface area contributed by atoms with Gasteiger partial charge >= 0.3 is 5.69 Å². The molecule has 2 N–H and O–H groups in total. The molecule has 1 aliphatic heterocycles. The predicted octanol–water partition coefficient (Wildman–Crippen LogP) is 1.14. The van der Waals surface area contributed by atoms with Gasteiger partial charge in [0.2, 0.25) is 5.95 Å². The minimum absolute atomic E-state index is 0.0704. The Morgan fingerprint density at radius 3 is 2.79 bits per heavy atom. The van der Waals surface area contributed by atoms with Crippen molar-refractivity contribution in [1.82, 2.24) is 28.7 Å². The standard InChI is InChI=1S/C23H28N8O2/c1-4-30-19-20(27-22(30)29-10-6-7-15(24)12-29)28(3)23(33)31(21(19)32)13-16-11-14(2)18-17(26-16)8-5-9-25-18/h5,8-9,11,15H,4,6-7,10,12-13,24H2,1-3H3/t15-/m1/s1. The zero-order valence-electron chi connectivity index (χ0n) is 19.2. The highest BCUT2D eigenvalue weighted by Gasteiger charge is 2.26. The number of fused-ring (bicyclic) bond motifs is 2. The second-order valence-electron chi connectivity index (χ2n) is 8.71. The maximum absolute atomic E-state index is 13.6. The van der Waals surface area contributed by atoms with Crippen molar-refractivity contribution in [2.75, 3.05) is 18.0 Å². The Bertz CT molecular complexity index is 1480. The van der Waals surface area contributed by atoms with Crippen molar-refractivity contribution < 1.29 is 0 Å². The summed E-state index contributed by atoms with van der Waals surface area (Å²) >= 11 is 0. The number of aromatic nitrogens is 6. The highest BCUT2D eigenvalue weighted by molar-refractivity contribution is 5.77. The first-order valence-corrected chi connectivity index (χ1v) is 11.3. The number of nitrogens with two attached hydrogens (primary N) is 1. The molecule has 0 amide bonds. The second-order valence-corrected chi connectivity index (χ2v) is 8.71. The van der Waals surface area contributed by atoms with Crippen molar-refractivity contribution >= 4 is 28.1 Å². The molecule has 0 spiro atoms. The number of anilines is 1. The summed E-state index contributed by atoms with van der Waals surface area (Å²) in [6, 6.07) is 5.65. The topological polar surface area (TPSA) is 117 Å². The van der Waals surface area contributed by atoms with Crippen molar-refractivity contribution in [3.05, 3.63) is 56.5 Å². The van der Waals surface area contributed by atoms with Crippen molar-refractivity contribution in [3.8, 4) is 0 Å². The maximum atomic E-state index is 13.6. The molecule has 1 fully saturated rings. The van der Waals surface area contributed by atoms with Gasteiger partial charge in [0, 0.05) is 38.9 Å². The summed E-state index contributed by atoms with van der Waals surface area (Å²) < 4.78 is 4.59. The molecule has 1 atom stereocenters. The van der Waals surface area contributed by atoms with E-state index < -0.39 is 5.69 Å². The molecule has 0 bridgehead atoms. The third-order valence-corrected chi connectivity index (χ3v) is 6.40. The number of hydrogen-bond donors (Lipinski definition) is 1. The summed E-state index contributed by atoms with van der Waals surface area (Å²) in [5, 5.41) is 0. The van der Waals surface area contributed by atoms with Crippen LogP contribution in [0.3, 0.4) is 0 Å². The highest BCUT2D eigenvalue weighted by Crippen LogP contribution is 2.23. The summed E-state index contributed by atoms with van der Waals surface area (Å²) in [7, 11) is 1.66. The fourth-order valence-corrected chi connectivity index (χ4v) is 4.77. The van der Waals surface area contributed by atoms with E-state index in [2.05, 4.69) is 14.9 Å². The number of aryl methyl sites for hydroxylation is 3. The molecule has 0 unspecified atom stereocenters. The lowest BCUT2D eigenvalue weighted by Crippen LogP contribution is -2.44. The third-order valence-electron chi connectivity index (χ3n) is 6.40. The van der Waals surface area contributed by atoms with Crippen LogP contribution in [0.2, 0.25) is 0 Å². The molecule has 10 heteroatoms. The van der Waals surface area contributed by atoms with E-state index in [0.717, 1.165) is 36.0 Å². The van der Waals surface area contributed by atoms with Crippen LogP contribution < -0.4 is 21.9 Å². The molecule has 0 aliphatic carbocycles. The molecule has 1 aliphatic rings. The molecule has 10 nitrogen and oxygen atoms in total. The number of piperidine rings is 1. The van der Waals surface area contributed by atoms with Gasteiger partial charge in [-0.1, -0.05) is 0 Å². The van der Waals surface area contributed by atoms with Crippen LogP contribution in [0, 0.1) is 6.92 Å². The first-order valence-electron chi connectivity index (χ1n) is 11.3. The van der Waals surface area contributed by atoms with E-state index in [9.17, 15) is 9.59 Å². The molecule has 33 heavy (non-hydrogen) atoms. The van der Waals surface area contributed by atoms with Crippen LogP contribution in [-0.4, -0.2) is 47.8 Å². The molecule has 5 rings (SSSR count). The summed E-state index contributed by atoms with van der Waals surface area (Å²) in [5.41, 5.74) is 9.35. The number of imidazole rings is 1. The molecule has 0 radical (unpaired) electrons. The predicted molar refractivity (Wildman–Crippen MR) is 128 cm³/mol. The van der Waals surface area contributed by atoms with E-state index in [1.54, 1.807) is 13.2 Å². The summed E-state index contributed by atoms with van der Waals surface area (Å²) in [5.74, 6) is 0.693. The molecule has 0 saturated carbocycles. The Hall–Kier alpha value is -3.53. The molecule has 5 heterocycles. The Kier molecular flexibility index (Phi) is 5.24. The van der Waals surface area contributed by atoms with E-state index in [1.165, 1.54) is 9.13 Å². The lowest BCUT2D eigenvalue weighted by Gasteiger charge is -2.31. The van der Waals surface area contributed by atoms with Gasteiger partial charge in [-0.2, -0.15) is 4.98 Å². The zero-order valence-corrected chi connectivity index (χ0v) is 19.2. The van der Waals surface area contributed by atoms with Crippen molar-refractivity contribution in [2.45, 2.75) is 45.8 Å². The minimum atomic E-state index is -0.416. The number of hydrogen-bond acceptors (Lipinski definition) is 7. The van der Waals surface area contributed by atoms with E-state index in [4.69, 9.17) is 10.7 Å². The number of rotatable bonds is 4. The largest absolute Gasteiger partial charge is 0.341 e. The van der Waals surface area contributed by atoms with E-state index in [-0.39, 0.29) is 18.1 Å². The normalized spacial score (nSPS) is 16.7. The summed E-state index contributed by atoms with van der Waals surface area (Å²) in [6.45, 7) is 6.07. The molecule has 4 aromatic heterocycles. The van der Waals surface area contributed by atoms with Gasteiger partial charge in [-0.3, -0.25) is 18.9 Å². The SMILES string of the molecule is CCn1c(N2CCC[C@@H](N)C2)nc2c1c(=O)n(Cc1cc(C)c3ncccc3n1)c(=O)n2C. The Labute approximate surface area is 190 Å². The van der Waals surface area contributed by atoms with Crippen molar-refractivity contribution in [3.63, 3.8) is 0 Å². The van der Waals surface area contributed by atoms with Gasteiger partial charge in [0.05, 0.1) is 23.3 Å². The summed E-state index contributed by atoms with van der Waals surface area (Å²) in [4.78, 5) is 42.6. The monoisotopic (exact) mass is 448 g/mol. The smallest absolute Gasteiger partial charge is 0.332 e. The lowest BCUT2D eigenvalue weighted by molar-refractivity contribution is 0.494. The number of nitrogens with zero attached hydrogens (tertiary/aromatic N) is 7. The number of pyridine rings is 2. The quantitative estimate of drug-likeness (QED) is 0.498. The van der Waals surface area contributed by atoms with Crippen LogP contribution in [0.25, 0.3) is 22.2 Å². The molecule has 1 saturated heterocycles. The first-order chi connectivity index (χ1) is 15.9. The average Bonchev–Trinajstić information content (AvgIpc) is 3.20. The maximum Gasteiger partial charge on any atom is 0.332 e. The van der Waals surface area contributed by atoms with Gasteiger partial charge in [-0.05, 0) is 50.5 Å². The fraction of sp³-hybridized carbons (Fsp3) is 0.435. The average molecular weight is 449 g/mol. The van der Waals surface area contributed by atoms with Crippen LogP contribution in [0.1, 0.15) is 31.0 Å². The molecule has 172 valence electrons. The van der Waals surface area contributed by atoms with Gasteiger partial charge in [-0.25, -0.2) is 9.78 Å². The van der Waals surface area contributed by atoms with Gasteiger partial charge < -0.3 is 15.2 Å². The molecule has 0 aromatic carbocycles. The van der Waals surface area contributed by atoms with Crippen LogP contribution in [0.15, 0.2) is 34.0 Å². The van der Waals surface area contributed by atoms with Gasteiger partial charge in [-0.15, -0.1) is 0 Å². The summed E-state index contributed by atoms with van der Waals surface area (Å²) in [6.07, 6.45) is 3.67. The Morgan fingerprint density at radius 1 is 1.21 bits per heavy atom. The zero-order chi connectivity index (χ0) is 23.3. The Balaban J connectivity index is 1.66. The van der Waals surface area contributed by atoms with Crippen LogP contribution in [-0.2, 0) is 20.1 Å². The molecular weight excluding hydrogens is 420 g/mol. The third kappa shape index (κ3) is 3.50. The van der Waals surface area contributed by atoms with Gasteiger partial charge in [0.25, 0.3) is 5.56 Å².